The van der Waals surface area contributed by atoms with Crippen molar-refractivity contribution in [1.82, 2.24) is 15.5 Å². The third-order valence-corrected chi connectivity index (χ3v) is 23.1. The summed E-state index contributed by atoms with van der Waals surface area (Å²) in [5.74, 6) is -5.51. The Bertz CT molecular complexity index is 2380. The summed E-state index contributed by atoms with van der Waals surface area (Å²) in [4.78, 5) is 121. The number of hydrogen-bond acceptors (Lipinski definition) is 17. The van der Waals surface area contributed by atoms with Crippen LogP contribution in [0.1, 0.15) is 467 Å². The number of carbonyl (C=O) groups excluding carboxylic acids is 6. The molecule has 1 aliphatic rings. The molecule has 6 N–H and O–H groups in total. The maximum absolute atomic E-state index is 14.9. The number of carboxylic acid groups (broad SMARTS) is 1. The van der Waals surface area contributed by atoms with E-state index in [-0.39, 0.29) is 32.1 Å². The Morgan fingerprint density at radius 1 is 0.379 bits per heavy atom. The molecule has 1 heterocycles. The molecule has 684 valence electrons. The van der Waals surface area contributed by atoms with Crippen LogP contribution in [0.5, 0.6) is 0 Å². The van der Waals surface area contributed by atoms with Crippen molar-refractivity contribution in [3.63, 3.8) is 0 Å². The van der Waals surface area contributed by atoms with Crippen LogP contribution in [0.25, 0.3) is 0 Å². The van der Waals surface area contributed by atoms with Crippen LogP contribution in [0.15, 0.2) is 0 Å². The van der Waals surface area contributed by atoms with Crippen LogP contribution < -0.4 is 10.6 Å². The number of carboxylic acids is 1. The molecule has 0 unspecified atom stereocenters. The first-order valence-corrected chi connectivity index (χ1v) is 49.7. The zero-order valence-electron chi connectivity index (χ0n) is 75.6. The molecule has 116 heavy (non-hydrogen) atoms. The molecule has 1 aliphatic heterocycles. The number of nitrogens with zero attached hydrogens (tertiary/aromatic N) is 1. The largest absolute Gasteiger partial charge is 0.480 e. The Morgan fingerprint density at radius 2 is 0.664 bits per heavy atom. The fourth-order valence-electron chi connectivity index (χ4n) is 15.2. The number of esters is 4. The lowest BCUT2D eigenvalue weighted by Crippen LogP contribution is -2.66. The lowest BCUT2D eigenvalue weighted by Gasteiger charge is -2.45. The molecule has 1 saturated heterocycles. The summed E-state index contributed by atoms with van der Waals surface area (Å²) in [6.45, 7) is 21.3. The van der Waals surface area contributed by atoms with E-state index in [0.29, 0.717) is 51.4 Å². The number of carbonyl (C=O) groups is 7. The van der Waals surface area contributed by atoms with Crippen molar-refractivity contribution in [2.45, 2.75) is 522 Å². The molecule has 1 rings (SSSR count). The van der Waals surface area contributed by atoms with Gasteiger partial charge in [-0.3, -0.25) is 33.3 Å². The Balaban J connectivity index is 0.0000180. The van der Waals surface area contributed by atoms with Crippen LogP contribution in [-0.2, 0) is 71.1 Å². The van der Waals surface area contributed by atoms with Crippen LogP contribution in [0.3, 0.4) is 0 Å². The lowest BCUT2D eigenvalue weighted by atomic mass is 9.95. The SMILES string of the molecule is CCCCCCCCCCCC(=O)O[C@H](CCCCCCCCCCC)CC(=O)N[C@H]1[C@H](OC[C@H](NC(=O)C[C@@H](CCCCCCCCCCC)OC(=O)CCCCCCCCCCC)C(=O)O)O[C@H](CO)[C@@H](OP(=O)(O)O)[C@@H]1OC(=O)C[C@@H](CCCCCCCCCCC)OC(=O)CCCCCCCCCCC.CCN(CC)CC. The smallest absolute Gasteiger partial charge is 0.470 e. The molecule has 0 radical (unpaired) electrons. The predicted molar refractivity (Wildman–Crippen MR) is 468 cm³/mol. The first-order valence-electron chi connectivity index (χ1n) is 48.1. The number of nitrogens with one attached hydrogen (secondary N) is 2. The Kier molecular flexibility index (Phi) is 77.1. The fourth-order valence-corrected chi connectivity index (χ4v) is 15.8. The summed E-state index contributed by atoms with van der Waals surface area (Å²) >= 11 is 0. The number of unbranched alkanes of at least 4 members (excludes halogenated alkanes) is 48. The van der Waals surface area contributed by atoms with Gasteiger partial charge in [0.2, 0.25) is 11.8 Å². The second-order valence-electron chi connectivity index (χ2n) is 33.3. The van der Waals surface area contributed by atoms with Crippen LogP contribution in [0.2, 0.25) is 0 Å². The van der Waals surface area contributed by atoms with Crippen LogP contribution in [-0.4, -0.2) is 154 Å². The highest BCUT2D eigenvalue weighted by Crippen LogP contribution is 2.43. The van der Waals surface area contributed by atoms with Crippen molar-refractivity contribution >= 4 is 49.5 Å². The van der Waals surface area contributed by atoms with E-state index in [4.69, 9.17) is 32.9 Å². The van der Waals surface area contributed by atoms with Crippen LogP contribution >= 0.6 is 7.82 Å². The van der Waals surface area contributed by atoms with Crippen molar-refractivity contribution in [1.29, 1.82) is 0 Å². The zero-order chi connectivity index (χ0) is 85.8. The minimum Gasteiger partial charge on any atom is -0.480 e. The van der Waals surface area contributed by atoms with E-state index in [0.717, 1.165) is 186 Å². The highest BCUT2D eigenvalue weighted by Gasteiger charge is 2.53. The van der Waals surface area contributed by atoms with E-state index >= 15 is 0 Å². The normalized spacial score (nSPS) is 16.6. The molecule has 0 aromatic heterocycles. The number of phosphoric ester groups is 1. The van der Waals surface area contributed by atoms with E-state index in [9.17, 15) is 58.1 Å². The van der Waals surface area contributed by atoms with Crippen molar-refractivity contribution in [2.24, 2.45) is 0 Å². The van der Waals surface area contributed by atoms with Crippen LogP contribution in [0.4, 0.5) is 0 Å². The quantitative estimate of drug-likeness (QED) is 0.0143. The molecule has 23 heteroatoms. The average Bonchev–Trinajstić information content (AvgIpc) is 0.779. The van der Waals surface area contributed by atoms with Crippen molar-refractivity contribution in [2.75, 3.05) is 32.8 Å². The third kappa shape index (κ3) is 66.9. The summed E-state index contributed by atoms with van der Waals surface area (Å²) in [7, 11) is -5.57. The van der Waals surface area contributed by atoms with Gasteiger partial charge < -0.3 is 64.0 Å². The number of aliphatic carboxylic acids is 1. The van der Waals surface area contributed by atoms with Gasteiger partial charge in [-0.05, 0) is 77.4 Å². The van der Waals surface area contributed by atoms with Gasteiger partial charge in [-0.1, -0.05) is 371 Å². The van der Waals surface area contributed by atoms with E-state index in [1.165, 1.54) is 142 Å². The van der Waals surface area contributed by atoms with Gasteiger partial charge in [0.15, 0.2) is 18.4 Å². The molecular weight excluding hydrogens is 1490 g/mol. The highest BCUT2D eigenvalue weighted by atomic mass is 31.2. The minimum atomic E-state index is -5.57. The standard InChI is InChI=1S/C87H163N2O19P.C6H15N/c1-7-13-19-25-31-37-43-49-55-61-72(103-79(93)64-58-52-46-40-34-28-22-16-10-4)67-77(91)88-75(86(97)98)71-102-87-83(89-78(92)68-73(62-56-50-44-38-32-26-20-14-8-2)104-80(94)65-59-53-47-41-35-29-23-17-11-5)85(84(76(70-90)106-87)108-109(99,100)101)107-82(96)69-74(63-57-51-45-39-33-27-21-15-9-3)105-81(95)66-60-54-48-42-36-30-24-18-12-6;1-4-7(5-2)6-3/h72-76,83-85,87,90H,7-71H2,1-6H3,(H,88,91)(H,89,92)(H,97,98)(H2,99,100,101);4-6H2,1-3H3/t72-,73-,74-,75+,76-,83-,84-,85-,87-;/m1./s1. The number of phosphoric acid groups is 1. The number of aliphatic hydroxyl groups excluding tert-OH is 1. The van der Waals surface area contributed by atoms with E-state index in [1.54, 1.807) is 0 Å². The lowest BCUT2D eigenvalue weighted by molar-refractivity contribution is -0.272. The van der Waals surface area contributed by atoms with Gasteiger partial charge in [0.1, 0.15) is 36.6 Å². The van der Waals surface area contributed by atoms with Gasteiger partial charge in [-0.2, -0.15) is 0 Å². The van der Waals surface area contributed by atoms with Gasteiger partial charge in [-0.25, -0.2) is 9.36 Å². The van der Waals surface area contributed by atoms with E-state index in [2.05, 4.69) is 77.8 Å². The second kappa shape index (κ2) is 79.7. The molecule has 0 bridgehead atoms. The number of ether oxygens (including phenoxy) is 6. The monoisotopic (exact) mass is 1670 g/mol. The van der Waals surface area contributed by atoms with E-state index in [1.807, 2.05) is 0 Å². The van der Waals surface area contributed by atoms with Crippen molar-refractivity contribution in [3.05, 3.63) is 0 Å². The first kappa shape index (κ1) is 112. The number of hydrogen-bond donors (Lipinski definition) is 6. The summed E-state index contributed by atoms with van der Waals surface area (Å²) < 4.78 is 55.2. The molecule has 1 fully saturated rings. The molecule has 0 spiro atoms. The first-order chi connectivity index (χ1) is 56.2. The molecule has 22 nitrogen and oxygen atoms in total. The second-order valence-corrected chi connectivity index (χ2v) is 34.5. The van der Waals surface area contributed by atoms with E-state index < -0.39 is 131 Å². The topological polar surface area (TPSA) is 309 Å². The molecule has 0 aliphatic carbocycles. The Labute approximate surface area is 707 Å². The third-order valence-electron chi connectivity index (χ3n) is 22.5. The zero-order valence-corrected chi connectivity index (χ0v) is 76.5. The maximum Gasteiger partial charge on any atom is 0.470 e. The summed E-state index contributed by atoms with van der Waals surface area (Å²) in [6, 6.07) is -3.60. The van der Waals surface area contributed by atoms with Crippen LogP contribution in [0, 0.1) is 0 Å². The average molecular weight is 1670 g/mol. The molecule has 0 saturated carbocycles. The van der Waals surface area contributed by atoms with Crippen molar-refractivity contribution < 1.29 is 91.1 Å². The predicted octanol–water partition coefficient (Wildman–Crippen LogP) is 22.9. The molecule has 9 atom stereocenters. The Hall–Kier alpha value is -3.76. The van der Waals surface area contributed by atoms with Gasteiger partial charge >= 0.3 is 37.7 Å². The van der Waals surface area contributed by atoms with Gasteiger partial charge in [0, 0.05) is 19.3 Å². The molecule has 0 aromatic rings. The summed E-state index contributed by atoms with van der Waals surface area (Å²) in [6.07, 6.45) is 45.8. The summed E-state index contributed by atoms with van der Waals surface area (Å²) in [5, 5.41) is 27.1. The number of rotatable bonds is 82. The van der Waals surface area contributed by atoms with Gasteiger partial charge in [0.05, 0.1) is 32.5 Å². The minimum absolute atomic E-state index is 0.127. The van der Waals surface area contributed by atoms with Gasteiger partial charge in [-0.15, -0.1) is 0 Å². The molecule has 0 aromatic carbocycles. The number of aliphatic hydroxyl groups is 1. The number of amides is 2. The highest BCUT2D eigenvalue weighted by molar-refractivity contribution is 7.46. The molecule has 2 amide bonds. The maximum atomic E-state index is 14.9. The Morgan fingerprint density at radius 3 is 0.940 bits per heavy atom. The van der Waals surface area contributed by atoms with Gasteiger partial charge in [0.25, 0.3) is 0 Å². The molecular formula is C93H178N3O19P. The fraction of sp³-hybridized carbons (Fsp3) is 0.925. The van der Waals surface area contributed by atoms with Crippen molar-refractivity contribution in [3.8, 4) is 0 Å². The summed E-state index contributed by atoms with van der Waals surface area (Å²) in [5.41, 5.74) is 0.